The van der Waals surface area contributed by atoms with E-state index in [1.807, 2.05) is 0 Å². The minimum Gasteiger partial charge on any atom is -0.311 e. The Kier molecular flexibility index (Phi) is 8.42. The molecular formula is C51H40N2. The lowest BCUT2D eigenvalue weighted by molar-refractivity contribution is 1.26. The van der Waals surface area contributed by atoms with Gasteiger partial charge < -0.3 is 9.80 Å². The number of rotatable bonds is 8. The Balaban J connectivity index is 1.01. The zero-order chi connectivity index (χ0) is 35.7. The molecule has 0 atom stereocenters. The number of fused-ring (bicyclic) bond motifs is 3. The zero-order valence-corrected chi connectivity index (χ0v) is 30.1. The summed E-state index contributed by atoms with van der Waals surface area (Å²) in [4.78, 5) is 4.63. The first-order valence-electron chi connectivity index (χ1n) is 18.4. The quantitative estimate of drug-likeness (QED) is 0.158. The fraction of sp³-hybridized carbons (Fsp3) is 0.0588. The fourth-order valence-electron chi connectivity index (χ4n) is 7.57. The molecule has 2 heteroatoms. The molecule has 1 aliphatic carbocycles. The normalized spacial score (nSPS) is 11.5. The minimum atomic E-state index is 0.967. The lowest BCUT2D eigenvalue weighted by Gasteiger charge is -2.25. The number of nitrogens with zero attached hydrogens (tertiary/aromatic N) is 2. The molecule has 0 aliphatic heterocycles. The first-order chi connectivity index (χ1) is 26.1. The second kappa shape index (κ2) is 13.8. The van der Waals surface area contributed by atoms with Crippen molar-refractivity contribution in [3.63, 3.8) is 0 Å². The number of benzene rings is 8. The van der Waals surface area contributed by atoms with Crippen molar-refractivity contribution in [3.8, 4) is 33.4 Å². The summed E-state index contributed by atoms with van der Waals surface area (Å²) in [5.41, 5.74) is 19.7. The van der Waals surface area contributed by atoms with Crippen LogP contribution < -0.4 is 9.80 Å². The Labute approximate surface area is 312 Å². The highest BCUT2D eigenvalue weighted by Gasteiger charge is 2.21. The van der Waals surface area contributed by atoms with E-state index in [-0.39, 0.29) is 0 Å². The van der Waals surface area contributed by atoms with Gasteiger partial charge in [0.15, 0.2) is 0 Å². The summed E-state index contributed by atoms with van der Waals surface area (Å²) in [6, 6.07) is 70.6. The molecule has 0 saturated carbocycles. The molecule has 0 radical (unpaired) electrons. The van der Waals surface area contributed by atoms with Crippen molar-refractivity contribution in [2.45, 2.75) is 20.3 Å². The number of anilines is 6. The van der Waals surface area contributed by atoms with Gasteiger partial charge in [0.25, 0.3) is 0 Å². The predicted molar refractivity (Wildman–Crippen MR) is 224 cm³/mol. The van der Waals surface area contributed by atoms with Crippen molar-refractivity contribution >= 4 is 34.1 Å². The molecule has 0 saturated heterocycles. The Morgan fingerprint density at radius 1 is 0.302 bits per heavy atom. The Morgan fingerprint density at radius 3 is 0.962 bits per heavy atom. The van der Waals surface area contributed by atoms with Crippen LogP contribution in [0.1, 0.15) is 22.3 Å². The molecule has 8 aromatic carbocycles. The van der Waals surface area contributed by atoms with E-state index in [0.717, 1.165) is 40.5 Å². The van der Waals surface area contributed by atoms with Gasteiger partial charge in [-0.3, -0.25) is 0 Å². The van der Waals surface area contributed by atoms with Crippen LogP contribution in [-0.2, 0) is 6.42 Å². The second-order valence-corrected chi connectivity index (χ2v) is 14.0. The average Bonchev–Trinajstić information content (AvgIpc) is 3.58. The van der Waals surface area contributed by atoms with Gasteiger partial charge in [0.2, 0.25) is 0 Å². The summed E-state index contributed by atoms with van der Waals surface area (Å²) >= 11 is 0. The van der Waals surface area contributed by atoms with E-state index >= 15 is 0 Å². The minimum absolute atomic E-state index is 0.967. The third kappa shape index (κ3) is 6.41. The first-order valence-corrected chi connectivity index (χ1v) is 18.4. The van der Waals surface area contributed by atoms with Gasteiger partial charge >= 0.3 is 0 Å². The van der Waals surface area contributed by atoms with Crippen LogP contribution >= 0.6 is 0 Å². The average molecular weight is 681 g/mol. The third-order valence-electron chi connectivity index (χ3n) is 10.4. The standard InChI is InChI=1S/C51H40N2/c1-36-13-25-46(26-14-36)52(44-9-5-3-6-10-44)48-29-21-38(22-30-48)40-17-19-42-33-43-20-18-41(35-51(43)50(42)34-40)39-23-31-49(32-24-39)53(45-11-7-4-8-12-45)47-27-15-37(2)16-28-47/h3-32,34-35H,33H2,1-2H3. The predicted octanol–water partition coefficient (Wildman–Crippen LogP) is 14.1. The maximum atomic E-state index is 2.39. The van der Waals surface area contributed by atoms with E-state index in [1.165, 1.54) is 55.6 Å². The van der Waals surface area contributed by atoms with Gasteiger partial charge in [-0.05, 0) is 150 Å². The van der Waals surface area contributed by atoms with Crippen LogP contribution in [0.5, 0.6) is 0 Å². The molecule has 8 aromatic rings. The molecule has 0 unspecified atom stereocenters. The van der Waals surface area contributed by atoms with Crippen LogP contribution in [0.3, 0.4) is 0 Å². The molecule has 0 spiro atoms. The van der Waals surface area contributed by atoms with E-state index in [2.05, 4.69) is 218 Å². The van der Waals surface area contributed by atoms with Crippen LogP contribution in [0.4, 0.5) is 34.1 Å². The first kappa shape index (κ1) is 32.3. The van der Waals surface area contributed by atoms with E-state index in [4.69, 9.17) is 0 Å². The molecule has 0 bridgehead atoms. The molecule has 53 heavy (non-hydrogen) atoms. The SMILES string of the molecule is Cc1ccc(N(c2ccccc2)c2ccc(-c3ccc4c(c3)-c3cc(-c5ccc(N(c6ccccc6)c6ccc(C)cc6)cc5)ccc3C4)cc2)cc1. The van der Waals surface area contributed by atoms with Crippen molar-refractivity contribution in [1.29, 1.82) is 0 Å². The molecule has 0 heterocycles. The number of hydrogen-bond acceptors (Lipinski definition) is 2. The summed E-state index contributed by atoms with van der Waals surface area (Å²) in [6.45, 7) is 4.26. The maximum Gasteiger partial charge on any atom is 0.0462 e. The second-order valence-electron chi connectivity index (χ2n) is 14.0. The monoisotopic (exact) mass is 680 g/mol. The van der Waals surface area contributed by atoms with Gasteiger partial charge in [-0.2, -0.15) is 0 Å². The van der Waals surface area contributed by atoms with Crippen LogP contribution in [0.25, 0.3) is 33.4 Å². The number of para-hydroxylation sites is 2. The molecule has 1 aliphatic rings. The van der Waals surface area contributed by atoms with E-state index in [1.54, 1.807) is 0 Å². The molecule has 2 nitrogen and oxygen atoms in total. The fourth-order valence-corrected chi connectivity index (χ4v) is 7.57. The summed E-state index contributed by atoms with van der Waals surface area (Å²) in [6.07, 6.45) is 0.967. The van der Waals surface area contributed by atoms with Gasteiger partial charge in [0, 0.05) is 34.1 Å². The van der Waals surface area contributed by atoms with Crippen molar-refractivity contribution < 1.29 is 0 Å². The van der Waals surface area contributed by atoms with E-state index in [0.29, 0.717) is 0 Å². The highest BCUT2D eigenvalue weighted by Crippen LogP contribution is 2.43. The molecule has 0 amide bonds. The molecule has 0 aromatic heterocycles. The third-order valence-corrected chi connectivity index (χ3v) is 10.4. The maximum absolute atomic E-state index is 2.39. The molecular weight excluding hydrogens is 641 g/mol. The molecule has 254 valence electrons. The zero-order valence-electron chi connectivity index (χ0n) is 30.1. The summed E-state index contributed by atoms with van der Waals surface area (Å²) < 4.78 is 0. The lowest BCUT2D eigenvalue weighted by Crippen LogP contribution is -2.09. The lowest BCUT2D eigenvalue weighted by atomic mass is 9.96. The van der Waals surface area contributed by atoms with Crippen LogP contribution in [0.15, 0.2) is 194 Å². The topological polar surface area (TPSA) is 6.48 Å². The van der Waals surface area contributed by atoms with Crippen LogP contribution in [0, 0.1) is 13.8 Å². The smallest absolute Gasteiger partial charge is 0.0462 e. The summed E-state index contributed by atoms with van der Waals surface area (Å²) in [5, 5.41) is 0. The number of aryl methyl sites for hydroxylation is 2. The Bertz CT molecular complexity index is 2320. The summed E-state index contributed by atoms with van der Waals surface area (Å²) in [7, 11) is 0. The highest BCUT2D eigenvalue weighted by atomic mass is 15.1. The van der Waals surface area contributed by atoms with E-state index in [9.17, 15) is 0 Å². The van der Waals surface area contributed by atoms with Crippen molar-refractivity contribution in [2.24, 2.45) is 0 Å². The van der Waals surface area contributed by atoms with Crippen LogP contribution in [-0.4, -0.2) is 0 Å². The largest absolute Gasteiger partial charge is 0.311 e. The number of hydrogen-bond donors (Lipinski definition) is 0. The van der Waals surface area contributed by atoms with Gasteiger partial charge in [-0.1, -0.05) is 120 Å². The molecule has 9 rings (SSSR count). The molecule has 0 fully saturated rings. The van der Waals surface area contributed by atoms with Gasteiger partial charge in [0.05, 0.1) is 0 Å². The van der Waals surface area contributed by atoms with E-state index < -0.39 is 0 Å². The van der Waals surface area contributed by atoms with Crippen LogP contribution in [0.2, 0.25) is 0 Å². The van der Waals surface area contributed by atoms with Gasteiger partial charge in [0.1, 0.15) is 0 Å². The highest BCUT2D eigenvalue weighted by molar-refractivity contribution is 5.86. The van der Waals surface area contributed by atoms with Gasteiger partial charge in [-0.25, -0.2) is 0 Å². The van der Waals surface area contributed by atoms with Gasteiger partial charge in [-0.15, -0.1) is 0 Å². The van der Waals surface area contributed by atoms with Crippen molar-refractivity contribution in [1.82, 2.24) is 0 Å². The van der Waals surface area contributed by atoms with Crippen molar-refractivity contribution in [2.75, 3.05) is 9.80 Å². The Hall–Kier alpha value is -6.64. The molecule has 0 N–H and O–H groups in total. The summed E-state index contributed by atoms with van der Waals surface area (Å²) in [5.74, 6) is 0. The Morgan fingerprint density at radius 2 is 0.604 bits per heavy atom. The van der Waals surface area contributed by atoms with Crippen molar-refractivity contribution in [3.05, 3.63) is 216 Å².